The van der Waals surface area contributed by atoms with E-state index in [4.69, 9.17) is 15.6 Å². The zero-order valence-corrected chi connectivity index (χ0v) is 8.41. The van der Waals surface area contributed by atoms with E-state index in [9.17, 15) is 0 Å². The van der Waals surface area contributed by atoms with Crippen molar-refractivity contribution in [2.75, 3.05) is 13.2 Å². The van der Waals surface area contributed by atoms with Gasteiger partial charge in [0.05, 0.1) is 12.7 Å². The number of hydrogen-bond donors (Lipinski definition) is 2. The lowest BCUT2D eigenvalue weighted by Gasteiger charge is -2.21. The second kappa shape index (κ2) is 5.58. The zero-order chi connectivity index (χ0) is 9.68. The molecule has 0 saturated heterocycles. The standard InChI is InChI=1S/C10H21NO2/c1-2-3-9(11)10(6-12)13-7-8-4-5-8/h8-10,12H,2-7,11H2,1H3. The van der Waals surface area contributed by atoms with Gasteiger partial charge in [-0.05, 0) is 25.2 Å². The minimum atomic E-state index is -0.152. The number of aliphatic hydroxyl groups excluding tert-OH is 1. The van der Waals surface area contributed by atoms with E-state index in [0.717, 1.165) is 25.4 Å². The van der Waals surface area contributed by atoms with E-state index in [0.29, 0.717) is 0 Å². The van der Waals surface area contributed by atoms with E-state index in [2.05, 4.69) is 6.92 Å². The molecular formula is C10H21NO2. The zero-order valence-electron chi connectivity index (χ0n) is 8.41. The predicted molar refractivity (Wildman–Crippen MR) is 52.4 cm³/mol. The van der Waals surface area contributed by atoms with Crippen LogP contribution in [0.2, 0.25) is 0 Å². The fraction of sp³-hybridized carbons (Fsp3) is 1.00. The summed E-state index contributed by atoms with van der Waals surface area (Å²) < 4.78 is 5.55. The monoisotopic (exact) mass is 187 g/mol. The Morgan fingerprint density at radius 3 is 2.69 bits per heavy atom. The van der Waals surface area contributed by atoms with Crippen molar-refractivity contribution in [2.45, 2.75) is 44.8 Å². The highest BCUT2D eigenvalue weighted by atomic mass is 16.5. The number of nitrogens with two attached hydrogens (primary N) is 1. The fourth-order valence-corrected chi connectivity index (χ4v) is 1.38. The largest absolute Gasteiger partial charge is 0.394 e. The molecule has 1 rings (SSSR count). The second-order valence-corrected chi connectivity index (χ2v) is 3.95. The summed E-state index contributed by atoms with van der Waals surface area (Å²) in [7, 11) is 0. The van der Waals surface area contributed by atoms with E-state index < -0.39 is 0 Å². The Labute approximate surface area is 80.3 Å². The molecular weight excluding hydrogens is 166 g/mol. The van der Waals surface area contributed by atoms with Gasteiger partial charge in [0.2, 0.25) is 0 Å². The molecule has 3 N–H and O–H groups in total. The summed E-state index contributed by atoms with van der Waals surface area (Å²) in [5.41, 5.74) is 5.86. The van der Waals surface area contributed by atoms with Crippen LogP contribution in [-0.2, 0) is 4.74 Å². The summed E-state index contributed by atoms with van der Waals surface area (Å²) in [5, 5.41) is 9.05. The second-order valence-electron chi connectivity index (χ2n) is 3.95. The van der Waals surface area contributed by atoms with Gasteiger partial charge in [0.1, 0.15) is 0 Å². The predicted octanol–water partition coefficient (Wildman–Crippen LogP) is 0.901. The van der Waals surface area contributed by atoms with Crippen molar-refractivity contribution in [1.82, 2.24) is 0 Å². The summed E-state index contributed by atoms with van der Waals surface area (Å²) in [6.07, 6.45) is 4.38. The molecule has 0 aliphatic heterocycles. The highest BCUT2D eigenvalue weighted by Crippen LogP contribution is 2.29. The summed E-state index contributed by atoms with van der Waals surface area (Å²) in [4.78, 5) is 0. The van der Waals surface area contributed by atoms with Crippen LogP contribution in [0.5, 0.6) is 0 Å². The first-order valence-corrected chi connectivity index (χ1v) is 5.26. The molecule has 0 heterocycles. The van der Waals surface area contributed by atoms with Crippen LogP contribution in [0.4, 0.5) is 0 Å². The molecule has 78 valence electrons. The van der Waals surface area contributed by atoms with Gasteiger partial charge in [-0.15, -0.1) is 0 Å². The topological polar surface area (TPSA) is 55.5 Å². The van der Waals surface area contributed by atoms with Gasteiger partial charge < -0.3 is 15.6 Å². The molecule has 0 radical (unpaired) electrons. The molecule has 0 aromatic rings. The highest BCUT2D eigenvalue weighted by molar-refractivity contribution is 4.76. The normalized spacial score (nSPS) is 21.5. The van der Waals surface area contributed by atoms with E-state index >= 15 is 0 Å². The van der Waals surface area contributed by atoms with E-state index in [1.54, 1.807) is 0 Å². The van der Waals surface area contributed by atoms with E-state index in [1.165, 1.54) is 12.8 Å². The molecule has 2 unspecified atom stereocenters. The SMILES string of the molecule is CCCC(N)C(CO)OCC1CC1. The van der Waals surface area contributed by atoms with Gasteiger partial charge >= 0.3 is 0 Å². The van der Waals surface area contributed by atoms with Crippen LogP contribution in [0.25, 0.3) is 0 Å². The quantitative estimate of drug-likeness (QED) is 0.622. The third-order valence-electron chi connectivity index (χ3n) is 2.52. The van der Waals surface area contributed by atoms with Gasteiger partial charge in [-0.25, -0.2) is 0 Å². The molecule has 13 heavy (non-hydrogen) atoms. The molecule has 3 nitrogen and oxygen atoms in total. The minimum absolute atomic E-state index is 0.00579. The van der Waals surface area contributed by atoms with Crippen LogP contribution < -0.4 is 5.73 Å². The summed E-state index contributed by atoms with van der Waals surface area (Å²) >= 11 is 0. The molecule has 1 saturated carbocycles. The number of rotatable bonds is 7. The van der Waals surface area contributed by atoms with Crippen molar-refractivity contribution < 1.29 is 9.84 Å². The third-order valence-corrected chi connectivity index (χ3v) is 2.52. The Morgan fingerprint density at radius 1 is 1.54 bits per heavy atom. The first kappa shape index (κ1) is 11.0. The Balaban J connectivity index is 2.14. The Kier molecular flexibility index (Phi) is 4.70. The van der Waals surface area contributed by atoms with Gasteiger partial charge in [-0.1, -0.05) is 13.3 Å². The molecule has 0 aromatic carbocycles. The highest BCUT2D eigenvalue weighted by Gasteiger charge is 2.24. The van der Waals surface area contributed by atoms with Gasteiger partial charge in [0, 0.05) is 12.6 Å². The lowest BCUT2D eigenvalue weighted by molar-refractivity contribution is -0.00879. The summed E-state index contributed by atoms with van der Waals surface area (Å²) in [6.45, 7) is 2.92. The molecule has 0 spiro atoms. The van der Waals surface area contributed by atoms with Crippen LogP contribution in [0.3, 0.4) is 0 Å². The Morgan fingerprint density at radius 2 is 2.23 bits per heavy atom. The van der Waals surface area contributed by atoms with Gasteiger partial charge in [-0.3, -0.25) is 0 Å². The minimum Gasteiger partial charge on any atom is -0.394 e. The van der Waals surface area contributed by atoms with Crippen LogP contribution in [0, 0.1) is 5.92 Å². The number of hydrogen-bond acceptors (Lipinski definition) is 3. The maximum atomic E-state index is 9.05. The molecule has 3 heteroatoms. The molecule has 0 amide bonds. The van der Waals surface area contributed by atoms with Crippen molar-refractivity contribution in [1.29, 1.82) is 0 Å². The average Bonchev–Trinajstić information content (AvgIpc) is 2.89. The van der Waals surface area contributed by atoms with Gasteiger partial charge in [0.25, 0.3) is 0 Å². The first-order chi connectivity index (χ1) is 6.27. The number of aliphatic hydroxyl groups is 1. The first-order valence-electron chi connectivity index (χ1n) is 5.26. The summed E-state index contributed by atoms with van der Waals surface area (Å²) in [6, 6.07) is -0.00579. The Hall–Kier alpha value is -0.120. The van der Waals surface area contributed by atoms with E-state index in [1.807, 2.05) is 0 Å². The van der Waals surface area contributed by atoms with Crippen LogP contribution in [-0.4, -0.2) is 30.5 Å². The van der Waals surface area contributed by atoms with Crippen molar-refractivity contribution in [3.63, 3.8) is 0 Å². The summed E-state index contributed by atoms with van der Waals surface area (Å²) in [5.74, 6) is 0.739. The molecule has 1 fully saturated rings. The van der Waals surface area contributed by atoms with Crippen LogP contribution in [0.15, 0.2) is 0 Å². The lowest BCUT2D eigenvalue weighted by atomic mass is 10.1. The number of ether oxygens (including phenoxy) is 1. The van der Waals surface area contributed by atoms with Gasteiger partial charge in [0.15, 0.2) is 0 Å². The Bertz CT molecular complexity index is 137. The van der Waals surface area contributed by atoms with Crippen LogP contribution in [0.1, 0.15) is 32.6 Å². The maximum Gasteiger partial charge on any atom is 0.0956 e. The van der Waals surface area contributed by atoms with Gasteiger partial charge in [-0.2, -0.15) is 0 Å². The third kappa shape index (κ3) is 4.07. The molecule has 1 aliphatic rings. The molecule has 2 atom stereocenters. The molecule has 0 bridgehead atoms. The fourth-order valence-electron chi connectivity index (χ4n) is 1.38. The van der Waals surface area contributed by atoms with Crippen LogP contribution >= 0.6 is 0 Å². The van der Waals surface area contributed by atoms with Crippen molar-refractivity contribution in [3.8, 4) is 0 Å². The lowest BCUT2D eigenvalue weighted by Crippen LogP contribution is -2.39. The molecule has 1 aliphatic carbocycles. The van der Waals surface area contributed by atoms with Crippen molar-refractivity contribution in [3.05, 3.63) is 0 Å². The van der Waals surface area contributed by atoms with Crippen molar-refractivity contribution >= 4 is 0 Å². The maximum absolute atomic E-state index is 9.05. The van der Waals surface area contributed by atoms with E-state index in [-0.39, 0.29) is 18.8 Å². The van der Waals surface area contributed by atoms with Crippen molar-refractivity contribution in [2.24, 2.45) is 11.7 Å². The molecule has 0 aromatic heterocycles. The smallest absolute Gasteiger partial charge is 0.0956 e. The average molecular weight is 187 g/mol.